The maximum atomic E-state index is 11.2. The van der Waals surface area contributed by atoms with Crippen molar-refractivity contribution in [2.75, 3.05) is 18.9 Å². The SMILES string of the molecule is CCOCC(C)Oc1ccc(C(C)=O)c(N)c1. The van der Waals surface area contributed by atoms with Gasteiger partial charge in [0.1, 0.15) is 11.9 Å². The fourth-order valence-electron chi connectivity index (χ4n) is 1.48. The van der Waals surface area contributed by atoms with E-state index >= 15 is 0 Å². The van der Waals surface area contributed by atoms with Crippen LogP contribution in [-0.2, 0) is 4.74 Å². The third-order valence-corrected chi connectivity index (χ3v) is 2.30. The number of anilines is 1. The van der Waals surface area contributed by atoms with Crippen LogP contribution in [0.5, 0.6) is 5.75 Å². The molecule has 0 radical (unpaired) electrons. The fourth-order valence-corrected chi connectivity index (χ4v) is 1.48. The Hall–Kier alpha value is -1.55. The second kappa shape index (κ2) is 6.25. The monoisotopic (exact) mass is 237 g/mol. The van der Waals surface area contributed by atoms with Crippen molar-refractivity contribution in [3.63, 3.8) is 0 Å². The first-order chi connectivity index (χ1) is 8.04. The number of carbonyl (C=O) groups is 1. The molecule has 0 aromatic heterocycles. The quantitative estimate of drug-likeness (QED) is 0.609. The standard InChI is InChI=1S/C13H19NO3/c1-4-16-8-9(2)17-11-5-6-12(10(3)15)13(14)7-11/h5-7,9H,4,8,14H2,1-3H3. The lowest BCUT2D eigenvalue weighted by atomic mass is 10.1. The maximum Gasteiger partial charge on any atom is 0.161 e. The third kappa shape index (κ3) is 4.07. The highest BCUT2D eigenvalue weighted by Crippen LogP contribution is 2.21. The van der Waals surface area contributed by atoms with E-state index in [1.807, 2.05) is 13.8 Å². The van der Waals surface area contributed by atoms with Gasteiger partial charge in [0, 0.05) is 23.9 Å². The van der Waals surface area contributed by atoms with Crippen LogP contribution < -0.4 is 10.5 Å². The van der Waals surface area contributed by atoms with Gasteiger partial charge >= 0.3 is 0 Å². The van der Waals surface area contributed by atoms with Gasteiger partial charge in [-0.2, -0.15) is 0 Å². The molecule has 1 atom stereocenters. The Labute approximate surface area is 102 Å². The molecule has 0 saturated carbocycles. The summed E-state index contributed by atoms with van der Waals surface area (Å²) >= 11 is 0. The Kier molecular flexibility index (Phi) is 4.97. The molecule has 2 N–H and O–H groups in total. The number of carbonyl (C=O) groups excluding carboxylic acids is 1. The molecule has 0 aliphatic rings. The zero-order valence-corrected chi connectivity index (χ0v) is 10.5. The minimum absolute atomic E-state index is 0.0440. The van der Waals surface area contributed by atoms with E-state index in [2.05, 4.69) is 0 Å². The van der Waals surface area contributed by atoms with Crippen molar-refractivity contribution in [1.29, 1.82) is 0 Å². The summed E-state index contributed by atoms with van der Waals surface area (Å²) in [7, 11) is 0. The van der Waals surface area contributed by atoms with E-state index in [0.29, 0.717) is 30.2 Å². The van der Waals surface area contributed by atoms with E-state index in [-0.39, 0.29) is 11.9 Å². The van der Waals surface area contributed by atoms with E-state index in [1.54, 1.807) is 18.2 Å². The highest BCUT2D eigenvalue weighted by molar-refractivity contribution is 5.99. The van der Waals surface area contributed by atoms with Crippen LogP contribution in [0.2, 0.25) is 0 Å². The first kappa shape index (κ1) is 13.5. The van der Waals surface area contributed by atoms with Crippen LogP contribution >= 0.6 is 0 Å². The Morgan fingerprint density at radius 1 is 1.47 bits per heavy atom. The molecule has 4 nitrogen and oxygen atoms in total. The molecule has 1 rings (SSSR count). The average molecular weight is 237 g/mol. The van der Waals surface area contributed by atoms with Gasteiger partial charge in [-0.25, -0.2) is 0 Å². The first-order valence-corrected chi connectivity index (χ1v) is 5.69. The van der Waals surface area contributed by atoms with Gasteiger partial charge in [-0.3, -0.25) is 4.79 Å². The van der Waals surface area contributed by atoms with Crippen LogP contribution in [0.4, 0.5) is 5.69 Å². The van der Waals surface area contributed by atoms with Crippen molar-refractivity contribution < 1.29 is 14.3 Å². The molecule has 1 aromatic carbocycles. The zero-order chi connectivity index (χ0) is 12.8. The van der Waals surface area contributed by atoms with Gasteiger partial charge in [0.2, 0.25) is 0 Å². The van der Waals surface area contributed by atoms with Gasteiger partial charge in [0.05, 0.1) is 6.61 Å². The van der Waals surface area contributed by atoms with Gasteiger partial charge in [-0.15, -0.1) is 0 Å². The molecule has 17 heavy (non-hydrogen) atoms. The Morgan fingerprint density at radius 3 is 2.71 bits per heavy atom. The summed E-state index contributed by atoms with van der Waals surface area (Å²) < 4.78 is 10.9. The second-order valence-corrected chi connectivity index (χ2v) is 3.89. The molecule has 1 unspecified atom stereocenters. The number of nitrogens with two attached hydrogens (primary N) is 1. The third-order valence-electron chi connectivity index (χ3n) is 2.30. The van der Waals surface area contributed by atoms with Crippen LogP contribution in [0.25, 0.3) is 0 Å². The van der Waals surface area contributed by atoms with E-state index in [0.717, 1.165) is 0 Å². The van der Waals surface area contributed by atoms with E-state index < -0.39 is 0 Å². The summed E-state index contributed by atoms with van der Waals surface area (Å²) in [6, 6.07) is 5.09. The highest BCUT2D eigenvalue weighted by Gasteiger charge is 2.08. The van der Waals surface area contributed by atoms with Crippen molar-refractivity contribution in [3.05, 3.63) is 23.8 Å². The van der Waals surface area contributed by atoms with E-state index in [4.69, 9.17) is 15.2 Å². The summed E-state index contributed by atoms with van der Waals surface area (Å²) in [6.45, 7) is 6.55. The van der Waals surface area contributed by atoms with Crippen LogP contribution in [0.3, 0.4) is 0 Å². The molecule has 94 valence electrons. The molecule has 0 saturated heterocycles. The molecule has 0 heterocycles. The van der Waals surface area contributed by atoms with Crippen molar-refractivity contribution in [1.82, 2.24) is 0 Å². The van der Waals surface area contributed by atoms with Gasteiger partial charge in [0.15, 0.2) is 5.78 Å². The maximum absolute atomic E-state index is 11.2. The predicted molar refractivity (Wildman–Crippen MR) is 67.4 cm³/mol. The number of Topliss-reactive ketones (excluding diaryl/α,β-unsaturated/α-hetero) is 1. The molecule has 0 amide bonds. The normalized spacial score (nSPS) is 12.2. The molecule has 0 bridgehead atoms. The summed E-state index contributed by atoms with van der Waals surface area (Å²) in [5.74, 6) is 0.608. The molecule has 0 aliphatic heterocycles. The van der Waals surface area contributed by atoms with Gasteiger partial charge in [0.25, 0.3) is 0 Å². The Balaban J connectivity index is 2.67. The van der Waals surface area contributed by atoms with Gasteiger partial charge < -0.3 is 15.2 Å². The van der Waals surface area contributed by atoms with Gasteiger partial charge in [-0.05, 0) is 32.9 Å². The summed E-state index contributed by atoms with van der Waals surface area (Å²) in [5.41, 5.74) is 6.73. The van der Waals surface area contributed by atoms with E-state index in [9.17, 15) is 4.79 Å². The number of rotatable bonds is 6. The van der Waals surface area contributed by atoms with E-state index in [1.165, 1.54) is 6.92 Å². The second-order valence-electron chi connectivity index (χ2n) is 3.89. The molecule has 0 spiro atoms. The molecule has 1 aromatic rings. The first-order valence-electron chi connectivity index (χ1n) is 5.69. The summed E-state index contributed by atoms with van der Waals surface area (Å²) in [4.78, 5) is 11.2. The Morgan fingerprint density at radius 2 is 2.18 bits per heavy atom. The Bertz CT molecular complexity index is 390. The number of hydrogen-bond acceptors (Lipinski definition) is 4. The number of nitrogen functional groups attached to an aromatic ring is 1. The number of ketones is 1. The largest absolute Gasteiger partial charge is 0.488 e. The fraction of sp³-hybridized carbons (Fsp3) is 0.462. The number of ether oxygens (including phenoxy) is 2. The molecular weight excluding hydrogens is 218 g/mol. The number of hydrogen-bond donors (Lipinski definition) is 1. The molecule has 4 heteroatoms. The van der Waals surface area contributed by atoms with Crippen molar-refractivity contribution in [3.8, 4) is 5.75 Å². The highest BCUT2D eigenvalue weighted by atomic mass is 16.5. The lowest BCUT2D eigenvalue weighted by Crippen LogP contribution is -2.19. The minimum atomic E-state index is -0.0450. The topological polar surface area (TPSA) is 61.5 Å². The minimum Gasteiger partial charge on any atom is -0.488 e. The van der Waals surface area contributed by atoms with Crippen LogP contribution in [-0.4, -0.2) is 25.1 Å². The lowest BCUT2D eigenvalue weighted by molar-refractivity contribution is 0.0657. The smallest absolute Gasteiger partial charge is 0.161 e. The predicted octanol–water partition coefficient (Wildman–Crippen LogP) is 2.28. The molecule has 0 fully saturated rings. The van der Waals surface area contributed by atoms with Crippen molar-refractivity contribution >= 4 is 11.5 Å². The average Bonchev–Trinajstić information content (AvgIpc) is 2.26. The van der Waals surface area contributed by atoms with Gasteiger partial charge in [-0.1, -0.05) is 0 Å². The van der Waals surface area contributed by atoms with Crippen LogP contribution in [0.15, 0.2) is 18.2 Å². The van der Waals surface area contributed by atoms with Crippen LogP contribution in [0, 0.1) is 0 Å². The van der Waals surface area contributed by atoms with Crippen molar-refractivity contribution in [2.24, 2.45) is 0 Å². The molecule has 0 aliphatic carbocycles. The molecular formula is C13H19NO3. The zero-order valence-electron chi connectivity index (χ0n) is 10.5. The van der Waals surface area contributed by atoms with Crippen molar-refractivity contribution in [2.45, 2.75) is 26.9 Å². The lowest BCUT2D eigenvalue weighted by Gasteiger charge is -2.15. The van der Waals surface area contributed by atoms with Crippen LogP contribution in [0.1, 0.15) is 31.1 Å². The summed E-state index contributed by atoms with van der Waals surface area (Å²) in [5, 5.41) is 0. The summed E-state index contributed by atoms with van der Waals surface area (Å²) in [6.07, 6.45) is -0.0440. The number of benzene rings is 1.